The molecule has 0 atom stereocenters. The summed E-state index contributed by atoms with van der Waals surface area (Å²) in [5.41, 5.74) is 1.78. The molecule has 1 N–H and O–H groups in total. The van der Waals surface area contributed by atoms with Crippen LogP contribution in [0.25, 0.3) is 0 Å². The molecule has 0 unspecified atom stereocenters. The van der Waals surface area contributed by atoms with Crippen molar-refractivity contribution in [3.05, 3.63) is 46.1 Å². The summed E-state index contributed by atoms with van der Waals surface area (Å²) in [4.78, 5) is 29.3. The second-order valence-electron chi connectivity index (χ2n) is 4.81. The fourth-order valence-electron chi connectivity index (χ4n) is 1.91. The Balaban J connectivity index is 2.26. The predicted molar refractivity (Wildman–Crippen MR) is 86.6 cm³/mol. The third-order valence-electron chi connectivity index (χ3n) is 3.20. The number of carbonyl (C=O) groups is 2. The van der Waals surface area contributed by atoms with Crippen molar-refractivity contribution in [1.29, 1.82) is 0 Å². The molecule has 0 aliphatic rings. The third-order valence-corrected chi connectivity index (χ3v) is 4.32. The zero-order valence-electron chi connectivity index (χ0n) is 12.8. The van der Waals surface area contributed by atoms with E-state index < -0.39 is 5.97 Å². The lowest BCUT2D eigenvalue weighted by Gasteiger charge is -2.07. The molecule has 0 saturated carbocycles. The monoisotopic (exact) mass is 318 g/mol. The number of aryl methyl sites for hydroxylation is 1. The van der Waals surface area contributed by atoms with Crippen molar-refractivity contribution in [2.45, 2.75) is 27.2 Å². The molecule has 0 fully saturated rings. The molecule has 0 aliphatic carbocycles. The number of esters is 1. The Morgan fingerprint density at radius 1 is 1.27 bits per heavy atom. The molecule has 0 radical (unpaired) electrons. The Bertz CT molecular complexity index is 680. The van der Waals surface area contributed by atoms with E-state index in [2.05, 4.69) is 10.3 Å². The highest BCUT2D eigenvalue weighted by molar-refractivity contribution is 7.16. The van der Waals surface area contributed by atoms with Gasteiger partial charge in [0.15, 0.2) is 0 Å². The van der Waals surface area contributed by atoms with Gasteiger partial charge in [0.25, 0.3) is 5.91 Å². The number of hydrogen-bond donors (Lipinski definition) is 1. The molecule has 0 saturated heterocycles. The molecule has 2 rings (SSSR count). The number of nitrogens with zero attached hydrogens (tertiary/aromatic N) is 1. The molecular formula is C16H18N2O3S. The molecule has 2 heterocycles. The fraction of sp³-hybridized carbons (Fsp3) is 0.312. The number of carbonyl (C=O) groups excluding carboxylic acids is 2. The summed E-state index contributed by atoms with van der Waals surface area (Å²) in [6.45, 7) is 6.07. The number of anilines is 1. The van der Waals surface area contributed by atoms with Gasteiger partial charge >= 0.3 is 5.97 Å². The van der Waals surface area contributed by atoms with E-state index in [9.17, 15) is 9.59 Å². The van der Waals surface area contributed by atoms with Crippen molar-refractivity contribution >= 4 is 28.2 Å². The van der Waals surface area contributed by atoms with Crippen LogP contribution in [0.4, 0.5) is 5.00 Å². The van der Waals surface area contributed by atoms with E-state index in [0.717, 1.165) is 16.9 Å². The predicted octanol–water partition coefficient (Wildman–Crippen LogP) is 3.58. The zero-order valence-corrected chi connectivity index (χ0v) is 13.6. The number of amides is 1. The maximum absolute atomic E-state index is 12.2. The van der Waals surface area contributed by atoms with E-state index >= 15 is 0 Å². The van der Waals surface area contributed by atoms with Gasteiger partial charge in [-0.05, 0) is 38.0 Å². The van der Waals surface area contributed by atoms with Gasteiger partial charge < -0.3 is 10.1 Å². The van der Waals surface area contributed by atoms with Crippen LogP contribution in [0.2, 0.25) is 0 Å². The van der Waals surface area contributed by atoms with Gasteiger partial charge in [0.1, 0.15) is 5.00 Å². The zero-order chi connectivity index (χ0) is 16.1. The number of thiophene rings is 1. The first kappa shape index (κ1) is 16.2. The van der Waals surface area contributed by atoms with Crippen molar-refractivity contribution in [1.82, 2.24) is 4.98 Å². The minimum atomic E-state index is -0.395. The summed E-state index contributed by atoms with van der Waals surface area (Å²) in [6.07, 6.45) is 3.86. The maximum Gasteiger partial charge on any atom is 0.341 e. The van der Waals surface area contributed by atoms with Crippen LogP contribution in [0.15, 0.2) is 24.5 Å². The Morgan fingerprint density at radius 3 is 2.59 bits per heavy atom. The first-order valence-electron chi connectivity index (χ1n) is 7.03. The molecule has 22 heavy (non-hydrogen) atoms. The average Bonchev–Trinajstić information content (AvgIpc) is 2.80. The van der Waals surface area contributed by atoms with Crippen molar-refractivity contribution in [2.24, 2.45) is 0 Å². The minimum Gasteiger partial charge on any atom is -0.462 e. The van der Waals surface area contributed by atoms with Gasteiger partial charge in [-0.25, -0.2) is 4.79 Å². The Hall–Kier alpha value is -2.21. The van der Waals surface area contributed by atoms with Gasteiger partial charge in [0, 0.05) is 22.8 Å². The van der Waals surface area contributed by atoms with E-state index in [4.69, 9.17) is 4.74 Å². The van der Waals surface area contributed by atoms with Crippen LogP contribution in [-0.2, 0) is 4.74 Å². The quantitative estimate of drug-likeness (QED) is 0.856. The van der Waals surface area contributed by atoms with Crippen LogP contribution < -0.4 is 5.32 Å². The SMILES string of the molecule is CCCOC(=O)c1c(NC(=O)c2ccncc2)sc(C)c1C. The topological polar surface area (TPSA) is 68.3 Å². The van der Waals surface area contributed by atoms with Gasteiger partial charge in [-0.3, -0.25) is 9.78 Å². The van der Waals surface area contributed by atoms with Crippen molar-refractivity contribution in [3.8, 4) is 0 Å². The number of nitrogens with one attached hydrogen (secondary N) is 1. The van der Waals surface area contributed by atoms with Crippen LogP contribution in [0.1, 0.15) is 44.5 Å². The van der Waals surface area contributed by atoms with Crippen LogP contribution in [-0.4, -0.2) is 23.5 Å². The highest BCUT2D eigenvalue weighted by atomic mass is 32.1. The smallest absolute Gasteiger partial charge is 0.341 e. The lowest BCUT2D eigenvalue weighted by atomic mass is 10.1. The van der Waals surface area contributed by atoms with E-state index in [0.29, 0.717) is 22.7 Å². The Morgan fingerprint density at radius 2 is 1.95 bits per heavy atom. The van der Waals surface area contributed by atoms with Gasteiger partial charge in [0.2, 0.25) is 0 Å². The largest absolute Gasteiger partial charge is 0.462 e. The third kappa shape index (κ3) is 3.51. The standard InChI is InChI=1S/C16H18N2O3S/c1-4-9-21-16(20)13-10(2)11(3)22-15(13)18-14(19)12-5-7-17-8-6-12/h5-8H,4,9H2,1-3H3,(H,18,19). The number of rotatable bonds is 5. The van der Waals surface area contributed by atoms with Gasteiger partial charge in [-0.15, -0.1) is 11.3 Å². The normalized spacial score (nSPS) is 10.3. The van der Waals surface area contributed by atoms with Crippen LogP contribution >= 0.6 is 11.3 Å². The second kappa shape index (κ2) is 7.17. The first-order chi connectivity index (χ1) is 10.5. The molecule has 116 valence electrons. The van der Waals surface area contributed by atoms with Crippen LogP contribution in [0, 0.1) is 13.8 Å². The summed E-state index contributed by atoms with van der Waals surface area (Å²) < 4.78 is 5.21. The lowest BCUT2D eigenvalue weighted by molar-refractivity contribution is 0.0506. The summed E-state index contributed by atoms with van der Waals surface area (Å²) in [5, 5.41) is 3.32. The van der Waals surface area contributed by atoms with Crippen LogP contribution in [0.5, 0.6) is 0 Å². The fourth-order valence-corrected chi connectivity index (χ4v) is 2.95. The molecule has 0 aromatic carbocycles. The van der Waals surface area contributed by atoms with Crippen molar-refractivity contribution in [2.75, 3.05) is 11.9 Å². The molecule has 2 aromatic rings. The lowest BCUT2D eigenvalue weighted by Crippen LogP contribution is -2.15. The molecule has 5 nitrogen and oxygen atoms in total. The Kier molecular flexibility index (Phi) is 5.27. The highest BCUT2D eigenvalue weighted by Crippen LogP contribution is 2.33. The molecule has 1 amide bonds. The molecule has 0 aliphatic heterocycles. The molecule has 0 spiro atoms. The van der Waals surface area contributed by atoms with E-state index in [1.807, 2.05) is 20.8 Å². The van der Waals surface area contributed by atoms with Crippen molar-refractivity contribution < 1.29 is 14.3 Å². The first-order valence-corrected chi connectivity index (χ1v) is 7.84. The van der Waals surface area contributed by atoms with E-state index in [1.54, 1.807) is 24.5 Å². The van der Waals surface area contributed by atoms with Crippen molar-refractivity contribution in [3.63, 3.8) is 0 Å². The summed E-state index contributed by atoms with van der Waals surface area (Å²) >= 11 is 1.38. The van der Waals surface area contributed by atoms with E-state index in [1.165, 1.54) is 11.3 Å². The summed E-state index contributed by atoms with van der Waals surface area (Å²) in [6, 6.07) is 3.25. The Labute approximate surface area is 133 Å². The second-order valence-corrected chi connectivity index (χ2v) is 6.04. The average molecular weight is 318 g/mol. The van der Waals surface area contributed by atoms with Gasteiger partial charge in [-0.2, -0.15) is 0 Å². The minimum absolute atomic E-state index is 0.270. The molecule has 0 bridgehead atoms. The molecular weight excluding hydrogens is 300 g/mol. The maximum atomic E-state index is 12.2. The summed E-state index contributed by atoms with van der Waals surface area (Å²) in [5.74, 6) is -0.665. The van der Waals surface area contributed by atoms with E-state index in [-0.39, 0.29) is 5.91 Å². The number of aromatic nitrogens is 1. The van der Waals surface area contributed by atoms with Gasteiger partial charge in [-0.1, -0.05) is 6.92 Å². The van der Waals surface area contributed by atoms with Crippen LogP contribution in [0.3, 0.4) is 0 Å². The molecule has 6 heteroatoms. The summed E-state index contributed by atoms with van der Waals surface area (Å²) in [7, 11) is 0. The highest BCUT2D eigenvalue weighted by Gasteiger charge is 2.22. The number of ether oxygens (including phenoxy) is 1. The van der Waals surface area contributed by atoms with Gasteiger partial charge in [0.05, 0.1) is 12.2 Å². The number of hydrogen-bond acceptors (Lipinski definition) is 5. The molecule has 2 aromatic heterocycles. The number of pyridine rings is 1.